The van der Waals surface area contributed by atoms with Crippen molar-refractivity contribution in [1.82, 2.24) is 5.32 Å². The highest BCUT2D eigenvalue weighted by Crippen LogP contribution is 2.22. The molecule has 0 aliphatic carbocycles. The summed E-state index contributed by atoms with van der Waals surface area (Å²) in [5.74, 6) is 0.933. The molecule has 0 saturated heterocycles. The third-order valence-electron chi connectivity index (χ3n) is 2.84. The number of unbranched alkanes of at least 4 members (excludes halogenated alkanes) is 3. The SMILES string of the molecule is CCCCCCNCc1cc(Cl)ccc1OCC. The maximum atomic E-state index is 6.01. The van der Waals surface area contributed by atoms with Gasteiger partial charge >= 0.3 is 0 Å². The van der Waals surface area contributed by atoms with Crippen LogP contribution in [0, 0.1) is 0 Å². The molecule has 0 heterocycles. The van der Waals surface area contributed by atoms with Crippen molar-refractivity contribution in [3.63, 3.8) is 0 Å². The normalized spacial score (nSPS) is 10.6. The number of benzene rings is 1. The summed E-state index contributed by atoms with van der Waals surface area (Å²) in [4.78, 5) is 0. The molecule has 0 amide bonds. The molecule has 0 aliphatic heterocycles. The van der Waals surface area contributed by atoms with Crippen molar-refractivity contribution < 1.29 is 4.74 Å². The van der Waals surface area contributed by atoms with E-state index in [4.69, 9.17) is 16.3 Å². The summed E-state index contributed by atoms with van der Waals surface area (Å²) in [6.07, 6.45) is 5.14. The average molecular weight is 270 g/mol. The summed E-state index contributed by atoms with van der Waals surface area (Å²) >= 11 is 6.01. The molecule has 0 radical (unpaired) electrons. The van der Waals surface area contributed by atoms with Crippen LogP contribution in [0.4, 0.5) is 0 Å². The highest BCUT2D eigenvalue weighted by Gasteiger charge is 2.03. The van der Waals surface area contributed by atoms with Crippen LogP contribution in [0.1, 0.15) is 45.1 Å². The molecule has 0 fully saturated rings. The lowest BCUT2D eigenvalue weighted by atomic mass is 10.2. The Morgan fingerprint density at radius 1 is 1.17 bits per heavy atom. The van der Waals surface area contributed by atoms with Gasteiger partial charge in [0.2, 0.25) is 0 Å². The van der Waals surface area contributed by atoms with E-state index in [2.05, 4.69) is 12.2 Å². The minimum absolute atomic E-state index is 0.686. The van der Waals surface area contributed by atoms with Crippen molar-refractivity contribution in [2.45, 2.75) is 46.1 Å². The minimum atomic E-state index is 0.686. The third-order valence-corrected chi connectivity index (χ3v) is 3.08. The molecule has 1 N–H and O–H groups in total. The van der Waals surface area contributed by atoms with Gasteiger partial charge in [0.05, 0.1) is 6.61 Å². The Morgan fingerprint density at radius 2 is 2.00 bits per heavy atom. The number of nitrogens with one attached hydrogen (secondary N) is 1. The molecule has 1 aromatic carbocycles. The number of ether oxygens (including phenoxy) is 1. The molecule has 0 aliphatic rings. The van der Waals surface area contributed by atoms with Gasteiger partial charge < -0.3 is 10.1 Å². The van der Waals surface area contributed by atoms with E-state index < -0.39 is 0 Å². The number of hydrogen-bond acceptors (Lipinski definition) is 2. The van der Waals surface area contributed by atoms with Gasteiger partial charge in [-0.05, 0) is 38.1 Å². The zero-order valence-electron chi connectivity index (χ0n) is 11.5. The topological polar surface area (TPSA) is 21.3 Å². The van der Waals surface area contributed by atoms with Crippen LogP contribution in [0.5, 0.6) is 5.75 Å². The fourth-order valence-corrected chi connectivity index (χ4v) is 2.08. The van der Waals surface area contributed by atoms with Crippen molar-refractivity contribution in [2.75, 3.05) is 13.2 Å². The van der Waals surface area contributed by atoms with Gasteiger partial charge in [-0.25, -0.2) is 0 Å². The minimum Gasteiger partial charge on any atom is -0.494 e. The zero-order valence-corrected chi connectivity index (χ0v) is 12.2. The van der Waals surface area contributed by atoms with Gasteiger partial charge in [-0.3, -0.25) is 0 Å². The molecule has 0 unspecified atom stereocenters. The van der Waals surface area contributed by atoms with E-state index in [0.29, 0.717) is 6.61 Å². The van der Waals surface area contributed by atoms with Crippen LogP contribution in [0.15, 0.2) is 18.2 Å². The first-order valence-corrected chi connectivity index (χ1v) is 7.27. The summed E-state index contributed by atoms with van der Waals surface area (Å²) in [5.41, 5.74) is 1.14. The molecule has 0 bridgehead atoms. The van der Waals surface area contributed by atoms with Crippen molar-refractivity contribution in [1.29, 1.82) is 0 Å². The first-order chi connectivity index (χ1) is 8.77. The van der Waals surface area contributed by atoms with Crippen molar-refractivity contribution in [2.24, 2.45) is 0 Å². The predicted molar refractivity (Wildman–Crippen MR) is 78.5 cm³/mol. The van der Waals surface area contributed by atoms with E-state index in [1.54, 1.807) is 0 Å². The summed E-state index contributed by atoms with van der Waals surface area (Å²) in [5, 5.41) is 4.21. The molecular weight excluding hydrogens is 246 g/mol. The zero-order chi connectivity index (χ0) is 13.2. The number of hydrogen-bond donors (Lipinski definition) is 1. The van der Waals surface area contributed by atoms with E-state index >= 15 is 0 Å². The Balaban J connectivity index is 2.37. The quantitative estimate of drug-likeness (QED) is 0.671. The van der Waals surface area contributed by atoms with Crippen LogP contribution in [0.25, 0.3) is 0 Å². The Kier molecular flexibility index (Phi) is 7.86. The van der Waals surface area contributed by atoms with E-state index in [9.17, 15) is 0 Å². The first kappa shape index (κ1) is 15.3. The summed E-state index contributed by atoms with van der Waals surface area (Å²) < 4.78 is 5.59. The van der Waals surface area contributed by atoms with Crippen molar-refractivity contribution in [3.05, 3.63) is 28.8 Å². The van der Waals surface area contributed by atoms with Gasteiger partial charge in [0.15, 0.2) is 0 Å². The van der Waals surface area contributed by atoms with Crippen LogP contribution in [-0.2, 0) is 6.54 Å². The summed E-state index contributed by atoms with van der Waals surface area (Å²) in [6, 6.07) is 5.79. The van der Waals surface area contributed by atoms with Gasteiger partial charge in [0.1, 0.15) is 5.75 Å². The fourth-order valence-electron chi connectivity index (χ4n) is 1.88. The standard InChI is InChI=1S/C15H24ClNO/c1-3-5-6-7-10-17-12-13-11-14(16)8-9-15(13)18-4-2/h8-9,11,17H,3-7,10,12H2,1-2H3. The lowest BCUT2D eigenvalue weighted by Gasteiger charge is -2.11. The second kappa shape index (κ2) is 9.23. The molecule has 0 spiro atoms. The lowest BCUT2D eigenvalue weighted by molar-refractivity contribution is 0.335. The maximum absolute atomic E-state index is 6.01. The summed E-state index contributed by atoms with van der Waals surface area (Å²) in [6.45, 7) is 6.79. The largest absolute Gasteiger partial charge is 0.494 e. The van der Waals surface area contributed by atoms with Crippen LogP contribution < -0.4 is 10.1 Å². The van der Waals surface area contributed by atoms with Crippen LogP contribution in [-0.4, -0.2) is 13.2 Å². The van der Waals surface area contributed by atoms with E-state index in [1.165, 1.54) is 25.7 Å². The number of rotatable bonds is 9. The smallest absolute Gasteiger partial charge is 0.123 e. The molecule has 0 saturated carbocycles. The Bertz CT molecular complexity index is 341. The van der Waals surface area contributed by atoms with Gasteiger partial charge in [0.25, 0.3) is 0 Å². The van der Waals surface area contributed by atoms with Gasteiger partial charge in [-0.15, -0.1) is 0 Å². The predicted octanol–water partition coefficient (Wildman–Crippen LogP) is 4.41. The van der Waals surface area contributed by atoms with Crippen LogP contribution >= 0.6 is 11.6 Å². The molecular formula is C15H24ClNO. The second-order valence-corrected chi connectivity index (χ2v) is 4.86. The Labute approximate surface area is 116 Å². The van der Waals surface area contributed by atoms with Gasteiger partial charge in [-0.1, -0.05) is 37.8 Å². The van der Waals surface area contributed by atoms with Crippen LogP contribution in [0.2, 0.25) is 5.02 Å². The molecule has 3 heteroatoms. The van der Waals surface area contributed by atoms with Crippen molar-refractivity contribution in [3.8, 4) is 5.75 Å². The van der Waals surface area contributed by atoms with E-state index in [0.717, 1.165) is 29.4 Å². The molecule has 102 valence electrons. The molecule has 2 nitrogen and oxygen atoms in total. The highest BCUT2D eigenvalue weighted by molar-refractivity contribution is 6.30. The highest BCUT2D eigenvalue weighted by atomic mass is 35.5. The summed E-state index contributed by atoms with van der Waals surface area (Å²) in [7, 11) is 0. The fraction of sp³-hybridized carbons (Fsp3) is 0.600. The van der Waals surface area contributed by atoms with E-state index in [1.807, 2.05) is 25.1 Å². The van der Waals surface area contributed by atoms with Crippen LogP contribution in [0.3, 0.4) is 0 Å². The number of halogens is 1. The molecule has 1 aromatic rings. The Morgan fingerprint density at radius 3 is 2.72 bits per heavy atom. The van der Waals surface area contributed by atoms with E-state index in [-0.39, 0.29) is 0 Å². The molecule has 0 aromatic heterocycles. The Hall–Kier alpha value is -0.730. The monoisotopic (exact) mass is 269 g/mol. The molecule has 0 atom stereocenters. The molecule has 1 rings (SSSR count). The van der Waals surface area contributed by atoms with Gasteiger partial charge in [-0.2, -0.15) is 0 Å². The lowest BCUT2D eigenvalue weighted by Crippen LogP contribution is -2.15. The van der Waals surface area contributed by atoms with Crippen molar-refractivity contribution >= 4 is 11.6 Å². The average Bonchev–Trinajstić information content (AvgIpc) is 2.37. The molecule has 18 heavy (non-hydrogen) atoms. The maximum Gasteiger partial charge on any atom is 0.123 e. The second-order valence-electron chi connectivity index (χ2n) is 4.42. The third kappa shape index (κ3) is 5.74. The van der Waals surface area contributed by atoms with Gasteiger partial charge in [0, 0.05) is 17.1 Å². The first-order valence-electron chi connectivity index (χ1n) is 6.89.